The number of ether oxygens (including phenoxy) is 2. The molecule has 1 aromatic carbocycles. The van der Waals surface area contributed by atoms with Crippen LogP contribution in [-0.2, 0) is 6.54 Å². The van der Waals surface area contributed by atoms with Gasteiger partial charge in [0.05, 0.1) is 14.2 Å². The molecule has 0 radical (unpaired) electrons. The van der Waals surface area contributed by atoms with Crippen molar-refractivity contribution in [2.45, 2.75) is 13.5 Å². The summed E-state index contributed by atoms with van der Waals surface area (Å²) in [6.07, 6.45) is 0. The molecular formula is C15H18N6O2. The molecule has 0 bridgehead atoms. The first-order valence-electron chi connectivity index (χ1n) is 7.26. The van der Waals surface area contributed by atoms with Gasteiger partial charge in [0.15, 0.2) is 23.0 Å². The Hall–Kier alpha value is -2.90. The van der Waals surface area contributed by atoms with Crippen LogP contribution in [0.1, 0.15) is 12.5 Å². The lowest BCUT2D eigenvalue weighted by atomic mass is 10.2. The molecule has 3 aromatic rings. The average Bonchev–Trinajstić information content (AvgIpc) is 3.07. The van der Waals surface area contributed by atoms with E-state index in [9.17, 15) is 0 Å². The SMILES string of the molecule is CCN(Cc1ccc(OC)c(OC)c1)c1ccc2nnnn2n1. The highest BCUT2D eigenvalue weighted by Crippen LogP contribution is 2.28. The number of aromatic nitrogens is 5. The van der Waals surface area contributed by atoms with Crippen LogP contribution in [0.4, 0.5) is 5.82 Å². The Morgan fingerprint density at radius 3 is 2.65 bits per heavy atom. The number of hydrogen-bond donors (Lipinski definition) is 0. The van der Waals surface area contributed by atoms with Crippen molar-refractivity contribution in [3.8, 4) is 11.5 Å². The van der Waals surface area contributed by atoms with E-state index < -0.39 is 0 Å². The van der Waals surface area contributed by atoms with Crippen LogP contribution >= 0.6 is 0 Å². The van der Waals surface area contributed by atoms with Crippen LogP contribution in [0.25, 0.3) is 5.65 Å². The Morgan fingerprint density at radius 1 is 1.09 bits per heavy atom. The monoisotopic (exact) mass is 314 g/mol. The van der Waals surface area contributed by atoms with Crippen molar-refractivity contribution in [3.05, 3.63) is 35.9 Å². The molecule has 0 N–H and O–H groups in total. The molecule has 2 aromatic heterocycles. The lowest BCUT2D eigenvalue weighted by molar-refractivity contribution is 0.354. The maximum atomic E-state index is 5.36. The lowest BCUT2D eigenvalue weighted by Gasteiger charge is -2.22. The van der Waals surface area contributed by atoms with E-state index in [-0.39, 0.29) is 0 Å². The number of fused-ring (bicyclic) bond motifs is 1. The minimum atomic E-state index is 0.621. The fourth-order valence-electron chi connectivity index (χ4n) is 2.36. The van der Waals surface area contributed by atoms with Crippen molar-refractivity contribution in [1.29, 1.82) is 0 Å². The maximum Gasteiger partial charge on any atom is 0.200 e. The van der Waals surface area contributed by atoms with Crippen LogP contribution in [0.3, 0.4) is 0 Å². The zero-order valence-corrected chi connectivity index (χ0v) is 13.3. The van der Waals surface area contributed by atoms with E-state index in [1.54, 1.807) is 14.2 Å². The molecule has 8 heteroatoms. The van der Waals surface area contributed by atoms with E-state index in [2.05, 4.69) is 32.4 Å². The van der Waals surface area contributed by atoms with E-state index in [1.807, 2.05) is 30.3 Å². The van der Waals surface area contributed by atoms with Gasteiger partial charge < -0.3 is 14.4 Å². The molecule has 3 rings (SSSR count). The van der Waals surface area contributed by atoms with Crippen LogP contribution in [0.5, 0.6) is 11.5 Å². The van der Waals surface area contributed by atoms with E-state index in [0.717, 1.165) is 17.9 Å². The Balaban J connectivity index is 1.86. The molecule has 0 aliphatic rings. The van der Waals surface area contributed by atoms with Gasteiger partial charge in [-0.25, -0.2) is 0 Å². The van der Waals surface area contributed by atoms with Crippen LogP contribution < -0.4 is 14.4 Å². The predicted molar refractivity (Wildman–Crippen MR) is 84.8 cm³/mol. The van der Waals surface area contributed by atoms with Gasteiger partial charge in [0, 0.05) is 13.1 Å². The third-order valence-electron chi connectivity index (χ3n) is 3.58. The van der Waals surface area contributed by atoms with Gasteiger partial charge in [0.1, 0.15) is 0 Å². The Morgan fingerprint density at radius 2 is 1.91 bits per heavy atom. The largest absolute Gasteiger partial charge is 0.493 e. The maximum absolute atomic E-state index is 5.36. The second-order valence-electron chi connectivity index (χ2n) is 4.92. The van der Waals surface area contributed by atoms with Crippen molar-refractivity contribution in [2.75, 3.05) is 25.7 Å². The smallest absolute Gasteiger partial charge is 0.200 e. The lowest BCUT2D eigenvalue weighted by Crippen LogP contribution is -2.24. The number of benzene rings is 1. The summed E-state index contributed by atoms with van der Waals surface area (Å²) in [6, 6.07) is 9.64. The summed E-state index contributed by atoms with van der Waals surface area (Å²) in [7, 11) is 3.26. The highest BCUT2D eigenvalue weighted by Gasteiger charge is 2.11. The van der Waals surface area contributed by atoms with Crippen LogP contribution in [-0.4, -0.2) is 46.0 Å². The number of rotatable bonds is 6. The summed E-state index contributed by atoms with van der Waals surface area (Å²) in [4.78, 5) is 2.13. The topological polar surface area (TPSA) is 77.7 Å². The molecule has 0 aliphatic heterocycles. The number of anilines is 1. The number of hydrogen-bond acceptors (Lipinski definition) is 7. The van der Waals surface area contributed by atoms with E-state index in [4.69, 9.17) is 9.47 Å². The second-order valence-corrected chi connectivity index (χ2v) is 4.92. The Bertz CT molecular complexity index is 804. The van der Waals surface area contributed by atoms with Crippen LogP contribution in [0.2, 0.25) is 0 Å². The van der Waals surface area contributed by atoms with Gasteiger partial charge in [0.2, 0.25) is 0 Å². The summed E-state index contributed by atoms with van der Waals surface area (Å²) >= 11 is 0. The molecule has 0 saturated carbocycles. The molecule has 23 heavy (non-hydrogen) atoms. The summed E-state index contributed by atoms with van der Waals surface area (Å²) < 4.78 is 12.0. The predicted octanol–water partition coefficient (Wildman–Crippen LogP) is 1.56. The van der Waals surface area contributed by atoms with E-state index >= 15 is 0 Å². The van der Waals surface area contributed by atoms with Gasteiger partial charge in [0.25, 0.3) is 0 Å². The second kappa shape index (κ2) is 6.47. The number of tetrazole rings is 1. The van der Waals surface area contributed by atoms with Crippen molar-refractivity contribution >= 4 is 11.5 Å². The van der Waals surface area contributed by atoms with Gasteiger partial charge in [-0.1, -0.05) is 6.07 Å². The highest BCUT2D eigenvalue weighted by molar-refractivity contribution is 5.47. The van der Waals surface area contributed by atoms with Crippen LogP contribution in [0.15, 0.2) is 30.3 Å². The van der Waals surface area contributed by atoms with E-state index in [1.165, 1.54) is 4.63 Å². The minimum Gasteiger partial charge on any atom is -0.493 e. The first-order chi connectivity index (χ1) is 11.2. The minimum absolute atomic E-state index is 0.621. The highest BCUT2D eigenvalue weighted by atomic mass is 16.5. The van der Waals surface area contributed by atoms with Crippen molar-refractivity contribution in [2.24, 2.45) is 0 Å². The molecule has 0 spiro atoms. The molecule has 2 heterocycles. The molecular weight excluding hydrogens is 296 g/mol. The fourth-order valence-corrected chi connectivity index (χ4v) is 2.36. The Labute approximate surface area is 133 Å². The summed E-state index contributed by atoms with van der Waals surface area (Å²) in [5.41, 5.74) is 1.72. The molecule has 0 fully saturated rings. The Kier molecular flexibility index (Phi) is 4.22. The summed E-state index contributed by atoms with van der Waals surface area (Å²) in [5.74, 6) is 2.24. The number of methoxy groups -OCH3 is 2. The average molecular weight is 314 g/mol. The fraction of sp³-hybridized carbons (Fsp3) is 0.333. The summed E-state index contributed by atoms with van der Waals surface area (Å²) in [5, 5.41) is 15.7. The van der Waals surface area contributed by atoms with Gasteiger partial charge in [-0.05, 0) is 47.2 Å². The van der Waals surface area contributed by atoms with Crippen molar-refractivity contribution < 1.29 is 9.47 Å². The third kappa shape index (κ3) is 3.01. The molecule has 0 unspecified atom stereocenters. The van der Waals surface area contributed by atoms with E-state index in [0.29, 0.717) is 23.7 Å². The van der Waals surface area contributed by atoms with Gasteiger partial charge >= 0.3 is 0 Å². The summed E-state index contributed by atoms with van der Waals surface area (Å²) in [6.45, 7) is 3.57. The van der Waals surface area contributed by atoms with Gasteiger partial charge in [-0.15, -0.1) is 14.8 Å². The first kappa shape index (κ1) is 15.0. The molecule has 0 atom stereocenters. The standard InChI is InChI=1S/C15H18N6O2/c1-4-20(15-8-7-14-16-18-19-21(14)17-15)10-11-5-6-12(22-2)13(9-11)23-3/h5-9H,4,10H2,1-3H3. The number of nitrogens with zero attached hydrogens (tertiary/aromatic N) is 6. The van der Waals surface area contributed by atoms with Crippen molar-refractivity contribution in [1.82, 2.24) is 25.3 Å². The molecule has 8 nitrogen and oxygen atoms in total. The first-order valence-corrected chi connectivity index (χ1v) is 7.26. The zero-order chi connectivity index (χ0) is 16.2. The molecule has 0 aliphatic carbocycles. The van der Waals surface area contributed by atoms with Gasteiger partial charge in [-0.2, -0.15) is 0 Å². The van der Waals surface area contributed by atoms with Gasteiger partial charge in [-0.3, -0.25) is 0 Å². The molecule has 0 saturated heterocycles. The molecule has 0 amide bonds. The third-order valence-corrected chi connectivity index (χ3v) is 3.58. The quantitative estimate of drug-likeness (QED) is 0.683. The van der Waals surface area contributed by atoms with Crippen molar-refractivity contribution in [3.63, 3.8) is 0 Å². The molecule has 120 valence electrons. The zero-order valence-electron chi connectivity index (χ0n) is 13.3. The normalized spacial score (nSPS) is 10.7. The van der Waals surface area contributed by atoms with Crippen LogP contribution in [0, 0.1) is 0 Å².